The van der Waals surface area contributed by atoms with E-state index in [2.05, 4.69) is 21.0 Å². The second kappa shape index (κ2) is 6.47. The van der Waals surface area contributed by atoms with Crippen molar-refractivity contribution in [1.29, 1.82) is 0 Å². The fourth-order valence-electron chi connectivity index (χ4n) is 1.90. The molecule has 0 bridgehead atoms. The number of fused-ring (bicyclic) bond motifs is 1. The Morgan fingerprint density at radius 1 is 1.40 bits per heavy atom. The van der Waals surface area contributed by atoms with E-state index in [1.807, 2.05) is 26.0 Å². The molecule has 0 radical (unpaired) electrons. The van der Waals surface area contributed by atoms with Crippen molar-refractivity contribution in [2.45, 2.75) is 32.6 Å². The molecule has 1 atom stereocenters. The van der Waals surface area contributed by atoms with Crippen molar-refractivity contribution in [1.82, 2.24) is 9.78 Å². The number of aliphatic hydroxyl groups is 1. The minimum atomic E-state index is -0.678. The number of aliphatic hydroxyl groups excluding tert-OH is 1. The normalized spacial score (nSPS) is 13.1. The van der Waals surface area contributed by atoms with Crippen LogP contribution in [-0.2, 0) is 11.3 Å². The second-order valence-corrected chi connectivity index (χ2v) is 5.61. The monoisotopic (exact) mass is 340 g/mol. The van der Waals surface area contributed by atoms with Crippen LogP contribution in [0.4, 0.5) is 0 Å². The third-order valence-electron chi connectivity index (χ3n) is 2.83. The lowest BCUT2D eigenvalue weighted by Gasteiger charge is -2.16. The Labute approximate surface area is 125 Å². The van der Waals surface area contributed by atoms with Crippen molar-refractivity contribution in [3.8, 4) is 0 Å². The smallest absolute Gasteiger partial charge is 0.222 e. The first-order valence-electron chi connectivity index (χ1n) is 6.44. The largest absolute Gasteiger partial charge is 0.389 e. The van der Waals surface area contributed by atoms with Crippen molar-refractivity contribution in [2.24, 2.45) is 0 Å². The quantitative estimate of drug-likeness (QED) is 0.903. The van der Waals surface area contributed by atoms with E-state index in [-0.39, 0.29) is 29.3 Å². The zero-order valence-electron chi connectivity index (χ0n) is 11.4. The van der Waals surface area contributed by atoms with Crippen LogP contribution in [0.5, 0.6) is 0 Å². The Bertz CT molecular complexity index is 654. The van der Waals surface area contributed by atoms with E-state index in [4.69, 9.17) is 4.74 Å². The summed E-state index contributed by atoms with van der Waals surface area (Å²) in [6, 6.07) is 7.20. The van der Waals surface area contributed by atoms with Crippen molar-refractivity contribution in [3.63, 3.8) is 0 Å². The summed E-state index contributed by atoms with van der Waals surface area (Å²) in [7, 11) is 0. The molecule has 108 valence electrons. The Balaban J connectivity index is 2.30. The number of benzene rings is 1. The third-order valence-corrected chi connectivity index (χ3v) is 3.35. The number of halogens is 1. The van der Waals surface area contributed by atoms with Gasteiger partial charge in [-0.25, -0.2) is 0 Å². The minimum Gasteiger partial charge on any atom is -0.389 e. The number of para-hydroxylation sites is 1. The molecule has 0 aliphatic rings. The molecule has 1 aromatic carbocycles. The van der Waals surface area contributed by atoms with Gasteiger partial charge in [0.05, 0.1) is 36.3 Å². The summed E-state index contributed by atoms with van der Waals surface area (Å²) >= 11 is 3.16. The Morgan fingerprint density at radius 2 is 2.10 bits per heavy atom. The molecule has 0 saturated carbocycles. The summed E-state index contributed by atoms with van der Waals surface area (Å²) in [6.07, 6.45) is -0.613. The molecule has 5 nitrogen and oxygen atoms in total. The van der Waals surface area contributed by atoms with E-state index < -0.39 is 6.10 Å². The highest BCUT2D eigenvalue weighted by Gasteiger charge is 2.12. The average molecular weight is 341 g/mol. The van der Waals surface area contributed by atoms with Gasteiger partial charge in [-0.2, -0.15) is 5.10 Å². The van der Waals surface area contributed by atoms with E-state index in [0.29, 0.717) is 10.9 Å². The van der Waals surface area contributed by atoms with Crippen molar-refractivity contribution < 1.29 is 9.84 Å². The molecule has 0 spiro atoms. The molecule has 1 heterocycles. The second-order valence-electron chi connectivity index (χ2n) is 4.86. The zero-order chi connectivity index (χ0) is 14.7. The summed E-state index contributed by atoms with van der Waals surface area (Å²) in [6.45, 7) is 4.33. The molecule has 2 rings (SSSR count). The van der Waals surface area contributed by atoms with Crippen LogP contribution < -0.4 is 5.43 Å². The maximum Gasteiger partial charge on any atom is 0.222 e. The maximum absolute atomic E-state index is 12.0. The summed E-state index contributed by atoms with van der Waals surface area (Å²) in [5, 5.41) is 14.7. The van der Waals surface area contributed by atoms with Gasteiger partial charge in [-0.15, -0.1) is 0 Å². The lowest BCUT2D eigenvalue weighted by atomic mass is 10.2. The summed E-state index contributed by atoms with van der Waals surface area (Å²) in [4.78, 5) is 12.0. The Hall–Kier alpha value is -1.24. The molecule has 6 heteroatoms. The Morgan fingerprint density at radius 3 is 2.80 bits per heavy atom. The lowest BCUT2D eigenvalue weighted by molar-refractivity contribution is -0.00168. The first-order valence-corrected chi connectivity index (χ1v) is 7.23. The minimum absolute atomic E-state index is 0.0649. The molecule has 1 unspecified atom stereocenters. The van der Waals surface area contributed by atoms with Gasteiger partial charge in [0.1, 0.15) is 0 Å². The van der Waals surface area contributed by atoms with E-state index in [0.717, 1.165) is 0 Å². The molecule has 0 aliphatic heterocycles. The summed E-state index contributed by atoms with van der Waals surface area (Å²) in [5.74, 6) is 0. The average Bonchev–Trinajstić information content (AvgIpc) is 2.42. The van der Waals surface area contributed by atoms with Crippen molar-refractivity contribution in [2.75, 3.05) is 6.61 Å². The van der Waals surface area contributed by atoms with Crippen LogP contribution >= 0.6 is 15.9 Å². The van der Waals surface area contributed by atoms with Crippen LogP contribution in [0, 0.1) is 0 Å². The molecule has 0 amide bonds. The third kappa shape index (κ3) is 3.45. The topological polar surface area (TPSA) is 64.3 Å². The molecule has 0 saturated heterocycles. The maximum atomic E-state index is 12.0. The van der Waals surface area contributed by atoms with Crippen LogP contribution in [0.1, 0.15) is 13.8 Å². The number of nitrogens with zero attached hydrogens (tertiary/aromatic N) is 2. The lowest BCUT2D eigenvalue weighted by Crippen LogP contribution is -2.26. The molecular formula is C14H17BrN2O3. The van der Waals surface area contributed by atoms with Crippen LogP contribution in [0.25, 0.3) is 10.9 Å². The Kier molecular flexibility index (Phi) is 4.91. The van der Waals surface area contributed by atoms with Crippen molar-refractivity contribution in [3.05, 3.63) is 39.1 Å². The molecule has 0 fully saturated rings. The van der Waals surface area contributed by atoms with E-state index in [1.54, 1.807) is 16.8 Å². The van der Waals surface area contributed by atoms with Gasteiger partial charge < -0.3 is 9.84 Å². The molecule has 1 N–H and O–H groups in total. The van der Waals surface area contributed by atoms with Gasteiger partial charge in [0.25, 0.3) is 0 Å². The van der Waals surface area contributed by atoms with Gasteiger partial charge in [-0.05, 0) is 41.9 Å². The molecule has 20 heavy (non-hydrogen) atoms. The number of aromatic nitrogens is 2. The first kappa shape index (κ1) is 15.2. The van der Waals surface area contributed by atoms with Gasteiger partial charge in [0.2, 0.25) is 5.43 Å². The van der Waals surface area contributed by atoms with Crippen LogP contribution in [-0.4, -0.2) is 33.7 Å². The van der Waals surface area contributed by atoms with Gasteiger partial charge in [0.15, 0.2) is 4.60 Å². The molecule has 0 aliphatic carbocycles. The highest BCUT2D eigenvalue weighted by Crippen LogP contribution is 2.12. The molecule has 1 aromatic heterocycles. The predicted molar refractivity (Wildman–Crippen MR) is 80.8 cm³/mol. The van der Waals surface area contributed by atoms with Crippen LogP contribution in [0.3, 0.4) is 0 Å². The number of hydrogen-bond acceptors (Lipinski definition) is 4. The highest BCUT2D eigenvalue weighted by molar-refractivity contribution is 9.10. The van der Waals surface area contributed by atoms with E-state index >= 15 is 0 Å². The predicted octanol–water partition coefficient (Wildman–Crippen LogP) is 1.94. The fraction of sp³-hybridized carbons (Fsp3) is 0.429. The van der Waals surface area contributed by atoms with Crippen molar-refractivity contribution >= 4 is 26.8 Å². The molecular weight excluding hydrogens is 324 g/mol. The van der Waals surface area contributed by atoms with Gasteiger partial charge in [-0.1, -0.05) is 12.1 Å². The van der Waals surface area contributed by atoms with Gasteiger partial charge >= 0.3 is 0 Å². The molecule has 2 aromatic rings. The van der Waals surface area contributed by atoms with Crippen LogP contribution in [0.2, 0.25) is 0 Å². The number of hydrogen-bond donors (Lipinski definition) is 1. The van der Waals surface area contributed by atoms with E-state index in [9.17, 15) is 9.90 Å². The fourth-order valence-corrected chi connectivity index (χ4v) is 2.31. The zero-order valence-corrected chi connectivity index (χ0v) is 13.0. The SMILES string of the molecule is CC(C)OCC(O)Cn1nc(Br)c(=O)c2ccccc21. The van der Waals surface area contributed by atoms with Crippen LogP contribution in [0.15, 0.2) is 33.7 Å². The summed E-state index contributed by atoms with van der Waals surface area (Å²) < 4.78 is 7.24. The standard InChI is InChI=1S/C14H17BrN2O3/c1-9(2)20-8-10(18)7-17-12-6-4-3-5-11(12)13(19)14(15)16-17/h3-6,9-10,18H,7-8H2,1-2H3. The highest BCUT2D eigenvalue weighted by atomic mass is 79.9. The number of ether oxygens (including phenoxy) is 1. The van der Waals surface area contributed by atoms with Gasteiger partial charge in [0, 0.05) is 0 Å². The van der Waals surface area contributed by atoms with Gasteiger partial charge in [-0.3, -0.25) is 9.48 Å². The first-order chi connectivity index (χ1) is 9.49. The number of rotatable bonds is 5. The summed E-state index contributed by atoms with van der Waals surface area (Å²) in [5.41, 5.74) is 0.550. The van der Waals surface area contributed by atoms with E-state index in [1.165, 1.54) is 0 Å².